The van der Waals surface area contributed by atoms with Crippen LogP contribution >= 0.6 is 22.6 Å². The van der Waals surface area contributed by atoms with E-state index in [0.29, 0.717) is 9.26 Å². The largest absolute Gasteiger partial charge is 0.231 e. The maximum Gasteiger partial charge on any atom is 0.143 e. The van der Waals surface area contributed by atoms with Gasteiger partial charge in [0.2, 0.25) is 0 Å². The quantitative estimate of drug-likeness (QED) is 0.520. The molecule has 11 heavy (non-hydrogen) atoms. The third-order valence-electron chi connectivity index (χ3n) is 1.04. The Bertz CT molecular complexity index is 327. The number of pyridine rings is 1. The average molecular weight is 255 g/mol. The molecular formula is C7H2IN3. The Hall–Kier alpha value is -1.14. The molecule has 0 atom stereocenters. The third-order valence-corrected chi connectivity index (χ3v) is 1.59. The Morgan fingerprint density at radius 1 is 1.27 bits per heavy atom. The Kier molecular flexibility index (Phi) is 2.40. The zero-order chi connectivity index (χ0) is 8.27. The highest BCUT2D eigenvalue weighted by Crippen LogP contribution is 2.06. The molecule has 1 aromatic rings. The SMILES string of the molecule is N#Cc1cc(I)nc(C#N)c1. The molecule has 0 amide bonds. The Labute approximate surface area is 77.4 Å². The van der Waals surface area contributed by atoms with Crippen molar-refractivity contribution in [2.24, 2.45) is 0 Å². The van der Waals surface area contributed by atoms with Crippen LogP contribution in [0.2, 0.25) is 0 Å². The molecule has 0 bridgehead atoms. The van der Waals surface area contributed by atoms with Crippen LogP contribution in [0.3, 0.4) is 0 Å². The summed E-state index contributed by atoms with van der Waals surface area (Å²) in [5, 5.41) is 16.9. The van der Waals surface area contributed by atoms with Crippen LogP contribution in [-0.4, -0.2) is 4.98 Å². The van der Waals surface area contributed by atoms with Crippen molar-refractivity contribution in [3.8, 4) is 12.1 Å². The van der Waals surface area contributed by atoms with E-state index >= 15 is 0 Å². The van der Waals surface area contributed by atoms with Crippen LogP contribution in [0.1, 0.15) is 11.3 Å². The van der Waals surface area contributed by atoms with Crippen LogP contribution in [0, 0.1) is 26.4 Å². The predicted molar refractivity (Wildman–Crippen MR) is 46.4 cm³/mol. The summed E-state index contributed by atoms with van der Waals surface area (Å²) in [4.78, 5) is 3.87. The van der Waals surface area contributed by atoms with E-state index in [1.165, 1.54) is 6.07 Å². The molecule has 0 saturated carbocycles. The van der Waals surface area contributed by atoms with Gasteiger partial charge in [0.05, 0.1) is 11.6 Å². The van der Waals surface area contributed by atoms with E-state index in [4.69, 9.17) is 10.5 Å². The van der Waals surface area contributed by atoms with Crippen molar-refractivity contribution in [2.75, 3.05) is 0 Å². The Morgan fingerprint density at radius 2 is 2.00 bits per heavy atom. The summed E-state index contributed by atoms with van der Waals surface area (Å²) in [6.45, 7) is 0. The van der Waals surface area contributed by atoms with Crippen molar-refractivity contribution in [3.63, 3.8) is 0 Å². The van der Waals surface area contributed by atoms with Gasteiger partial charge in [0.15, 0.2) is 0 Å². The van der Waals surface area contributed by atoms with Crippen LogP contribution in [0.5, 0.6) is 0 Å². The van der Waals surface area contributed by atoms with Crippen molar-refractivity contribution in [3.05, 3.63) is 27.1 Å². The summed E-state index contributed by atoms with van der Waals surface area (Å²) in [5.74, 6) is 0. The van der Waals surface area contributed by atoms with Crippen LogP contribution in [-0.2, 0) is 0 Å². The number of hydrogen-bond donors (Lipinski definition) is 0. The first-order valence-electron chi connectivity index (χ1n) is 2.74. The smallest absolute Gasteiger partial charge is 0.143 e. The fraction of sp³-hybridized carbons (Fsp3) is 0. The molecule has 0 aliphatic carbocycles. The molecule has 52 valence electrons. The molecule has 0 fully saturated rings. The number of halogens is 1. The minimum atomic E-state index is 0.286. The normalized spacial score (nSPS) is 8.27. The highest BCUT2D eigenvalue weighted by atomic mass is 127. The lowest BCUT2D eigenvalue weighted by molar-refractivity contribution is 1.21. The number of nitrogens with zero attached hydrogens (tertiary/aromatic N) is 3. The van der Waals surface area contributed by atoms with Gasteiger partial charge in [0.1, 0.15) is 15.5 Å². The van der Waals surface area contributed by atoms with E-state index in [1.807, 2.05) is 34.7 Å². The maximum absolute atomic E-state index is 8.49. The van der Waals surface area contributed by atoms with Gasteiger partial charge >= 0.3 is 0 Å². The van der Waals surface area contributed by atoms with Crippen LogP contribution in [0.15, 0.2) is 12.1 Å². The lowest BCUT2D eigenvalue weighted by Crippen LogP contribution is -1.87. The minimum Gasteiger partial charge on any atom is -0.231 e. The molecule has 0 spiro atoms. The van der Waals surface area contributed by atoms with Gasteiger partial charge in [0.25, 0.3) is 0 Å². The summed E-state index contributed by atoms with van der Waals surface area (Å²) >= 11 is 1.96. The molecule has 1 heterocycles. The summed E-state index contributed by atoms with van der Waals surface area (Å²) in [5.41, 5.74) is 0.759. The second kappa shape index (κ2) is 3.31. The Balaban J connectivity index is 3.28. The minimum absolute atomic E-state index is 0.286. The van der Waals surface area contributed by atoms with Crippen molar-refractivity contribution >= 4 is 22.6 Å². The molecule has 4 heteroatoms. The number of nitriles is 2. The molecule has 0 radical (unpaired) electrons. The molecule has 1 aromatic heterocycles. The predicted octanol–water partition coefficient (Wildman–Crippen LogP) is 1.43. The Morgan fingerprint density at radius 3 is 2.55 bits per heavy atom. The van der Waals surface area contributed by atoms with Gasteiger partial charge in [-0.05, 0) is 34.7 Å². The fourth-order valence-corrected chi connectivity index (χ4v) is 1.21. The second-order valence-electron chi connectivity index (χ2n) is 1.79. The van der Waals surface area contributed by atoms with E-state index in [1.54, 1.807) is 6.07 Å². The molecule has 0 N–H and O–H groups in total. The average Bonchev–Trinajstić information content (AvgIpc) is 2.03. The first kappa shape index (κ1) is 7.96. The van der Waals surface area contributed by atoms with Crippen molar-refractivity contribution < 1.29 is 0 Å². The summed E-state index contributed by atoms with van der Waals surface area (Å²) in [6.07, 6.45) is 0. The fourth-order valence-electron chi connectivity index (χ4n) is 0.619. The molecule has 1 rings (SSSR count). The highest BCUT2D eigenvalue weighted by molar-refractivity contribution is 14.1. The van der Waals surface area contributed by atoms with Crippen molar-refractivity contribution in [1.82, 2.24) is 4.98 Å². The monoisotopic (exact) mass is 255 g/mol. The number of hydrogen-bond acceptors (Lipinski definition) is 3. The van der Waals surface area contributed by atoms with Crippen LogP contribution < -0.4 is 0 Å². The van der Waals surface area contributed by atoms with Gasteiger partial charge in [-0.2, -0.15) is 10.5 Å². The zero-order valence-electron chi connectivity index (χ0n) is 5.37. The lowest BCUT2D eigenvalue weighted by atomic mass is 10.2. The number of aromatic nitrogens is 1. The van der Waals surface area contributed by atoms with Crippen molar-refractivity contribution in [1.29, 1.82) is 10.5 Å². The summed E-state index contributed by atoms with van der Waals surface area (Å²) in [7, 11) is 0. The molecule has 0 unspecified atom stereocenters. The van der Waals surface area contributed by atoms with E-state index in [2.05, 4.69) is 4.98 Å². The first-order chi connectivity index (χ1) is 5.26. The van der Waals surface area contributed by atoms with Gasteiger partial charge in [0, 0.05) is 0 Å². The first-order valence-corrected chi connectivity index (χ1v) is 3.82. The standard InChI is InChI=1S/C7H2IN3/c8-7-2-5(3-9)1-6(4-10)11-7/h1-2H. The third kappa shape index (κ3) is 1.89. The van der Waals surface area contributed by atoms with Gasteiger partial charge < -0.3 is 0 Å². The van der Waals surface area contributed by atoms with Gasteiger partial charge in [-0.3, -0.25) is 0 Å². The van der Waals surface area contributed by atoms with E-state index in [9.17, 15) is 0 Å². The van der Waals surface area contributed by atoms with Crippen LogP contribution in [0.25, 0.3) is 0 Å². The topological polar surface area (TPSA) is 60.5 Å². The summed E-state index contributed by atoms with van der Waals surface area (Å²) in [6, 6.07) is 6.91. The highest BCUT2D eigenvalue weighted by Gasteiger charge is 1.97. The summed E-state index contributed by atoms with van der Waals surface area (Å²) < 4.78 is 0.665. The zero-order valence-corrected chi connectivity index (χ0v) is 7.53. The lowest BCUT2D eigenvalue weighted by Gasteiger charge is -1.91. The second-order valence-corrected chi connectivity index (χ2v) is 2.89. The molecule has 0 saturated heterocycles. The molecule has 3 nitrogen and oxygen atoms in total. The molecule has 0 aliphatic heterocycles. The van der Waals surface area contributed by atoms with Crippen molar-refractivity contribution in [2.45, 2.75) is 0 Å². The molecule has 0 aromatic carbocycles. The van der Waals surface area contributed by atoms with Gasteiger partial charge in [-0.1, -0.05) is 0 Å². The van der Waals surface area contributed by atoms with E-state index in [0.717, 1.165) is 0 Å². The molecular weight excluding hydrogens is 253 g/mol. The van der Waals surface area contributed by atoms with Gasteiger partial charge in [-0.25, -0.2) is 4.98 Å². The van der Waals surface area contributed by atoms with E-state index in [-0.39, 0.29) is 5.69 Å². The number of rotatable bonds is 0. The van der Waals surface area contributed by atoms with Crippen LogP contribution in [0.4, 0.5) is 0 Å². The maximum atomic E-state index is 8.49. The van der Waals surface area contributed by atoms with Gasteiger partial charge in [-0.15, -0.1) is 0 Å². The van der Waals surface area contributed by atoms with E-state index < -0.39 is 0 Å². The molecule has 0 aliphatic rings.